The minimum absolute atomic E-state index is 0.125. The van der Waals surface area contributed by atoms with Gasteiger partial charge in [0.25, 0.3) is 11.6 Å². The van der Waals surface area contributed by atoms with Crippen LogP contribution in [0, 0.1) is 10.1 Å². The lowest BCUT2D eigenvalue weighted by molar-refractivity contribution is -0.385. The number of carbonyl (C=O) groups excluding carboxylic acids is 2. The third-order valence-corrected chi connectivity index (χ3v) is 4.22. The fourth-order valence-electron chi connectivity index (χ4n) is 2.82. The number of carbonyl (C=O) groups is 2. The van der Waals surface area contributed by atoms with Crippen molar-refractivity contribution in [3.05, 3.63) is 57.9 Å². The summed E-state index contributed by atoms with van der Waals surface area (Å²) in [5.74, 6) is -0.986. The molecule has 0 unspecified atom stereocenters. The maximum atomic E-state index is 12.8. The van der Waals surface area contributed by atoms with Crippen molar-refractivity contribution < 1.29 is 28.7 Å². The Labute approximate surface area is 170 Å². The number of anilines is 1. The molecule has 1 amide bonds. The van der Waals surface area contributed by atoms with E-state index in [1.807, 2.05) is 0 Å². The van der Waals surface area contributed by atoms with Crippen LogP contribution in [-0.2, 0) is 4.74 Å². The summed E-state index contributed by atoms with van der Waals surface area (Å²) in [5.41, 5.74) is 0.292. The maximum absolute atomic E-state index is 12.8. The number of nitro benzene ring substituents is 1. The molecule has 156 valence electrons. The van der Waals surface area contributed by atoms with Gasteiger partial charge < -0.3 is 19.5 Å². The summed E-state index contributed by atoms with van der Waals surface area (Å²) < 4.78 is 16.6. The van der Waals surface area contributed by atoms with Crippen molar-refractivity contribution in [2.45, 2.75) is 6.92 Å². The Morgan fingerprint density at radius 2 is 1.87 bits per heavy atom. The van der Waals surface area contributed by atoms with Crippen molar-refractivity contribution in [2.24, 2.45) is 0 Å². The van der Waals surface area contributed by atoms with E-state index in [2.05, 4.69) is 10.4 Å². The number of methoxy groups -OCH3 is 2. The van der Waals surface area contributed by atoms with Crippen LogP contribution in [0.1, 0.15) is 27.6 Å². The number of esters is 1. The van der Waals surface area contributed by atoms with Crippen molar-refractivity contribution in [3.8, 4) is 11.5 Å². The number of fused-ring (bicyclic) bond motifs is 1. The molecular weight excluding hydrogens is 396 g/mol. The number of rotatable bonds is 7. The highest BCUT2D eigenvalue weighted by atomic mass is 16.6. The van der Waals surface area contributed by atoms with Gasteiger partial charge in [-0.3, -0.25) is 14.9 Å². The normalized spacial score (nSPS) is 10.5. The molecule has 3 rings (SSSR count). The summed E-state index contributed by atoms with van der Waals surface area (Å²) in [7, 11) is 2.69. The van der Waals surface area contributed by atoms with Crippen LogP contribution < -0.4 is 14.8 Å². The Kier molecular flexibility index (Phi) is 5.81. The number of benzene rings is 1. The summed E-state index contributed by atoms with van der Waals surface area (Å²) in [5, 5.41) is 18.1. The molecule has 11 heteroatoms. The van der Waals surface area contributed by atoms with Crippen molar-refractivity contribution in [1.29, 1.82) is 0 Å². The SMILES string of the molecule is CCOC(=O)c1cnn2ccc(NC(=O)c3cc(OC)c(OC)cc3[N+](=O)[O-])cc12. The quantitative estimate of drug-likeness (QED) is 0.354. The zero-order chi connectivity index (χ0) is 21.8. The second-order valence-corrected chi connectivity index (χ2v) is 5.96. The Bertz CT molecular complexity index is 1140. The van der Waals surface area contributed by atoms with E-state index in [-0.39, 0.29) is 29.2 Å². The number of ether oxygens (including phenoxy) is 3. The number of nitrogens with one attached hydrogen (secondary N) is 1. The van der Waals surface area contributed by atoms with Gasteiger partial charge in [-0.2, -0.15) is 5.10 Å². The lowest BCUT2D eigenvalue weighted by Gasteiger charge is -2.11. The standard InChI is InChI=1S/C19H18N4O7/c1-4-30-19(25)13-10-20-22-6-5-11(7-14(13)22)21-18(24)12-8-16(28-2)17(29-3)9-15(12)23(26)27/h5-10H,4H2,1-3H3,(H,21,24). The van der Waals surface area contributed by atoms with Crippen LogP contribution in [0.5, 0.6) is 11.5 Å². The highest BCUT2D eigenvalue weighted by molar-refractivity contribution is 6.08. The van der Waals surface area contributed by atoms with Gasteiger partial charge in [0.05, 0.1) is 43.5 Å². The summed E-state index contributed by atoms with van der Waals surface area (Å²) in [6.45, 7) is 1.89. The van der Waals surface area contributed by atoms with Gasteiger partial charge in [0.2, 0.25) is 0 Å². The van der Waals surface area contributed by atoms with Crippen LogP contribution in [0.15, 0.2) is 36.7 Å². The first-order valence-electron chi connectivity index (χ1n) is 8.75. The second-order valence-electron chi connectivity index (χ2n) is 5.96. The molecule has 0 saturated carbocycles. The summed E-state index contributed by atoms with van der Waals surface area (Å²) in [6.07, 6.45) is 2.90. The van der Waals surface area contributed by atoms with Crippen LogP contribution in [-0.4, -0.2) is 47.2 Å². The molecule has 0 radical (unpaired) electrons. The highest BCUT2D eigenvalue weighted by Crippen LogP contribution is 2.34. The lowest BCUT2D eigenvalue weighted by atomic mass is 10.1. The zero-order valence-electron chi connectivity index (χ0n) is 16.4. The molecular formula is C19H18N4O7. The van der Waals surface area contributed by atoms with Gasteiger partial charge in [0.15, 0.2) is 11.5 Å². The Balaban J connectivity index is 1.98. The average molecular weight is 414 g/mol. The monoisotopic (exact) mass is 414 g/mol. The highest BCUT2D eigenvalue weighted by Gasteiger charge is 2.25. The molecule has 30 heavy (non-hydrogen) atoms. The number of nitrogens with zero attached hydrogens (tertiary/aromatic N) is 3. The summed E-state index contributed by atoms with van der Waals surface area (Å²) >= 11 is 0. The van der Waals surface area contributed by atoms with Crippen LogP contribution in [0.3, 0.4) is 0 Å². The van der Waals surface area contributed by atoms with Crippen molar-refractivity contribution >= 4 is 28.8 Å². The molecule has 0 saturated heterocycles. The van der Waals surface area contributed by atoms with E-state index < -0.39 is 22.5 Å². The van der Waals surface area contributed by atoms with Crippen molar-refractivity contribution in [2.75, 3.05) is 26.1 Å². The second kappa shape index (κ2) is 8.47. The van der Waals surface area contributed by atoms with Crippen LogP contribution in [0.25, 0.3) is 5.52 Å². The molecule has 2 aromatic heterocycles. The first-order chi connectivity index (χ1) is 14.4. The van der Waals surface area contributed by atoms with Gasteiger partial charge in [0.1, 0.15) is 11.1 Å². The van der Waals surface area contributed by atoms with Gasteiger partial charge in [-0.25, -0.2) is 9.31 Å². The number of pyridine rings is 1. The minimum Gasteiger partial charge on any atom is -0.493 e. The van der Waals surface area contributed by atoms with E-state index in [1.54, 1.807) is 13.0 Å². The largest absolute Gasteiger partial charge is 0.493 e. The van der Waals surface area contributed by atoms with E-state index >= 15 is 0 Å². The number of hydrogen-bond donors (Lipinski definition) is 1. The molecule has 0 bridgehead atoms. The van der Waals surface area contributed by atoms with E-state index in [4.69, 9.17) is 14.2 Å². The third-order valence-electron chi connectivity index (χ3n) is 4.22. The van der Waals surface area contributed by atoms with Crippen LogP contribution in [0.4, 0.5) is 11.4 Å². The lowest BCUT2D eigenvalue weighted by Crippen LogP contribution is -2.15. The fourth-order valence-corrected chi connectivity index (χ4v) is 2.82. The molecule has 3 aromatic rings. The van der Waals surface area contributed by atoms with E-state index in [0.717, 1.165) is 6.07 Å². The molecule has 0 spiro atoms. The Hall–Kier alpha value is -4.15. The van der Waals surface area contributed by atoms with E-state index in [9.17, 15) is 19.7 Å². The fraction of sp³-hybridized carbons (Fsp3) is 0.211. The number of nitro groups is 1. The molecule has 0 aliphatic rings. The predicted octanol–water partition coefficient (Wildman–Crippen LogP) is 2.69. The smallest absolute Gasteiger partial charge is 0.341 e. The first-order valence-corrected chi connectivity index (χ1v) is 8.75. The zero-order valence-corrected chi connectivity index (χ0v) is 16.4. The van der Waals surface area contributed by atoms with Gasteiger partial charge in [0, 0.05) is 18.0 Å². The van der Waals surface area contributed by atoms with Gasteiger partial charge in [-0.1, -0.05) is 0 Å². The molecule has 1 N–H and O–H groups in total. The first kappa shape index (κ1) is 20.6. The van der Waals surface area contributed by atoms with Crippen LogP contribution >= 0.6 is 0 Å². The van der Waals surface area contributed by atoms with Gasteiger partial charge in [-0.05, 0) is 19.1 Å². The molecule has 2 heterocycles. The van der Waals surface area contributed by atoms with Gasteiger partial charge in [-0.15, -0.1) is 0 Å². The molecule has 0 aliphatic carbocycles. The van der Waals surface area contributed by atoms with Crippen molar-refractivity contribution in [1.82, 2.24) is 9.61 Å². The number of amides is 1. The number of hydrogen-bond acceptors (Lipinski definition) is 8. The Morgan fingerprint density at radius 1 is 1.17 bits per heavy atom. The summed E-state index contributed by atoms with van der Waals surface area (Å²) in [6, 6.07) is 5.41. The molecule has 0 aliphatic heterocycles. The minimum atomic E-state index is -0.732. The molecule has 0 atom stereocenters. The molecule has 1 aromatic carbocycles. The van der Waals surface area contributed by atoms with Crippen molar-refractivity contribution in [3.63, 3.8) is 0 Å². The Morgan fingerprint density at radius 3 is 2.50 bits per heavy atom. The third kappa shape index (κ3) is 3.85. The molecule has 11 nitrogen and oxygen atoms in total. The van der Waals surface area contributed by atoms with Crippen LogP contribution in [0.2, 0.25) is 0 Å². The predicted molar refractivity (Wildman–Crippen MR) is 105 cm³/mol. The summed E-state index contributed by atoms with van der Waals surface area (Å²) in [4.78, 5) is 35.6. The maximum Gasteiger partial charge on any atom is 0.341 e. The van der Waals surface area contributed by atoms with E-state index in [1.165, 1.54) is 43.3 Å². The average Bonchev–Trinajstić information content (AvgIpc) is 3.16. The molecule has 0 fully saturated rings. The topological polar surface area (TPSA) is 134 Å². The number of aromatic nitrogens is 2. The van der Waals surface area contributed by atoms with E-state index in [0.29, 0.717) is 11.2 Å². The van der Waals surface area contributed by atoms with Gasteiger partial charge >= 0.3 is 5.97 Å².